The molecule has 0 spiro atoms. The molecule has 0 radical (unpaired) electrons. The van der Waals surface area contributed by atoms with Crippen molar-refractivity contribution in [1.82, 2.24) is 15.1 Å². The highest BCUT2D eigenvalue weighted by molar-refractivity contribution is 6.31. The topological polar surface area (TPSA) is 77.4 Å². The molecule has 0 bridgehead atoms. The van der Waals surface area contributed by atoms with E-state index in [0.29, 0.717) is 41.9 Å². The zero-order valence-corrected chi connectivity index (χ0v) is 22.4. The first-order valence-corrected chi connectivity index (χ1v) is 13.4. The predicted octanol–water partition coefficient (Wildman–Crippen LogP) is 4.63. The Morgan fingerprint density at radius 2 is 1.74 bits per heavy atom. The second-order valence-electron chi connectivity index (χ2n) is 9.49. The van der Waals surface area contributed by atoms with Crippen LogP contribution in [-0.2, 0) is 21.6 Å². The van der Waals surface area contributed by atoms with Gasteiger partial charge in [-0.2, -0.15) is 0 Å². The van der Waals surface area contributed by atoms with Crippen molar-refractivity contribution >= 4 is 35.4 Å². The molecule has 1 saturated heterocycles. The molecule has 198 valence electrons. The quantitative estimate of drug-likeness (QED) is 0.426. The molecular weight excluding hydrogens is 523 g/mol. The van der Waals surface area contributed by atoms with Crippen LogP contribution in [0, 0.1) is 0 Å². The number of nitrogens with zero attached hydrogens (tertiary/aromatic N) is 3. The molecule has 2 atom stereocenters. The molecule has 0 saturated carbocycles. The number of carbonyl (C=O) groups excluding carboxylic acids is 1. The highest BCUT2D eigenvalue weighted by Gasteiger charge is 2.54. The summed E-state index contributed by atoms with van der Waals surface area (Å²) in [7, 11) is 0. The molecule has 7 nitrogen and oxygen atoms in total. The van der Waals surface area contributed by atoms with Crippen LogP contribution in [0.15, 0.2) is 77.8 Å². The Kier molecular flexibility index (Phi) is 8.19. The summed E-state index contributed by atoms with van der Waals surface area (Å²) in [5.74, 6) is -0.221. The van der Waals surface area contributed by atoms with Crippen molar-refractivity contribution in [3.05, 3.63) is 99.5 Å². The Morgan fingerprint density at radius 3 is 2.45 bits per heavy atom. The number of aromatic hydroxyl groups is 1. The number of benzene rings is 3. The Balaban J connectivity index is 1.52. The summed E-state index contributed by atoms with van der Waals surface area (Å²) in [4.78, 5) is 23.4. The van der Waals surface area contributed by atoms with E-state index < -0.39 is 11.6 Å². The van der Waals surface area contributed by atoms with Gasteiger partial charge in [-0.1, -0.05) is 71.7 Å². The maximum atomic E-state index is 14.2. The second kappa shape index (κ2) is 11.7. The molecule has 5 rings (SSSR count). The van der Waals surface area contributed by atoms with Gasteiger partial charge in [-0.15, -0.1) is 0 Å². The summed E-state index contributed by atoms with van der Waals surface area (Å²) >= 11 is 12.3. The third-order valence-corrected chi connectivity index (χ3v) is 7.57. The number of hydrogen-bond donors (Lipinski definition) is 2. The molecule has 2 aliphatic rings. The van der Waals surface area contributed by atoms with Gasteiger partial charge in [-0.3, -0.25) is 14.7 Å². The molecule has 38 heavy (non-hydrogen) atoms. The Labute approximate surface area is 232 Å². The highest BCUT2D eigenvalue weighted by Crippen LogP contribution is 2.49. The molecule has 3 aromatic rings. The van der Waals surface area contributed by atoms with E-state index >= 15 is 0 Å². The monoisotopic (exact) mass is 552 g/mol. The fourth-order valence-electron chi connectivity index (χ4n) is 5.15. The molecule has 9 heteroatoms. The predicted molar refractivity (Wildman–Crippen MR) is 150 cm³/mol. The molecule has 1 amide bonds. The largest absolute Gasteiger partial charge is 0.508 e. The lowest BCUT2D eigenvalue weighted by Crippen LogP contribution is -2.50. The van der Waals surface area contributed by atoms with E-state index in [0.717, 1.165) is 30.8 Å². The van der Waals surface area contributed by atoms with Crippen molar-refractivity contribution in [3.8, 4) is 5.75 Å². The van der Waals surface area contributed by atoms with Gasteiger partial charge in [0.15, 0.2) is 5.54 Å². The fourth-order valence-corrected chi connectivity index (χ4v) is 5.44. The maximum absolute atomic E-state index is 14.2. The third-order valence-electron chi connectivity index (χ3n) is 7.08. The molecule has 2 aliphatic heterocycles. The summed E-state index contributed by atoms with van der Waals surface area (Å²) in [6.07, 6.45) is 1.71. The number of carbonyl (C=O) groups is 1. The van der Waals surface area contributed by atoms with Crippen LogP contribution >= 0.6 is 23.2 Å². The van der Waals surface area contributed by atoms with Gasteiger partial charge in [0.25, 0.3) is 5.91 Å². The summed E-state index contributed by atoms with van der Waals surface area (Å²) in [5.41, 5.74) is 0.964. The molecule has 3 aromatic carbocycles. The van der Waals surface area contributed by atoms with Gasteiger partial charge in [-0.25, -0.2) is 0 Å². The fraction of sp³-hybridized carbons (Fsp3) is 0.310. The number of ether oxygens (including phenoxy) is 1. The SMILES string of the molecule is O=C(NCCN1CCOCC1)[C@]1(c2ccccc2)N=CN(Cc2ccc(Cl)cc2)[C@H]1c1ccc(Cl)cc1O. The van der Waals surface area contributed by atoms with E-state index in [1.807, 2.05) is 59.5 Å². The lowest BCUT2D eigenvalue weighted by Gasteiger charge is -2.37. The molecule has 0 aliphatic carbocycles. The zero-order valence-electron chi connectivity index (χ0n) is 20.9. The number of halogens is 2. The van der Waals surface area contributed by atoms with Gasteiger partial charge in [0.1, 0.15) is 5.75 Å². The third kappa shape index (κ3) is 5.52. The van der Waals surface area contributed by atoms with Gasteiger partial charge < -0.3 is 20.1 Å². The van der Waals surface area contributed by atoms with E-state index in [1.54, 1.807) is 18.5 Å². The van der Waals surface area contributed by atoms with E-state index in [9.17, 15) is 9.90 Å². The average molecular weight is 553 g/mol. The first-order chi connectivity index (χ1) is 18.5. The van der Waals surface area contributed by atoms with Crippen molar-refractivity contribution < 1.29 is 14.6 Å². The van der Waals surface area contributed by atoms with E-state index in [-0.39, 0.29) is 11.7 Å². The standard InChI is InChI=1S/C29H30Cl2N4O3/c30-23-8-6-21(7-9-23)19-35-20-33-29(22-4-2-1-3-5-22,27(35)25-11-10-24(31)18-26(25)36)28(37)32-12-13-34-14-16-38-17-15-34/h1-11,18,20,27,36H,12-17,19H2,(H,32,37)/t27-,29+/m0/s1. The Hall–Kier alpha value is -3.10. The maximum Gasteiger partial charge on any atom is 0.255 e. The number of morpholine rings is 1. The summed E-state index contributed by atoms with van der Waals surface area (Å²) < 4.78 is 5.44. The van der Waals surface area contributed by atoms with Crippen LogP contribution in [0.4, 0.5) is 0 Å². The van der Waals surface area contributed by atoms with Gasteiger partial charge >= 0.3 is 0 Å². The molecule has 0 unspecified atom stereocenters. The first kappa shape index (κ1) is 26.5. The van der Waals surface area contributed by atoms with Crippen molar-refractivity contribution in [3.63, 3.8) is 0 Å². The minimum absolute atomic E-state index is 0.00975. The Morgan fingerprint density at radius 1 is 1.03 bits per heavy atom. The minimum atomic E-state index is -1.33. The van der Waals surface area contributed by atoms with E-state index in [2.05, 4.69) is 10.2 Å². The van der Waals surface area contributed by atoms with Gasteiger partial charge in [-0.05, 0) is 35.4 Å². The summed E-state index contributed by atoms with van der Waals surface area (Å²) in [6, 6.07) is 21.4. The summed E-state index contributed by atoms with van der Waals surface area (Å²) in [5, 5.41) is 15.3. The lowest BCUT2D eigenvalue weighted by molar-refractivity contribution is -0.128. The average Bonchev–Trinajstić information content (AvgIpc) is 3.31. The van der Waals surface area contributed by atoms with Crippen LogP contribution in [-0.4, -0.2) is 66.5 Å². The molecular formula is C29H30Cl2N4O3. The van der Waals surface area contributed by atoms with Crippen LogP contribution in [0.25, 0.3) is 0 Å². The molecule has 2 heterocycles. The van der Waals surface area contributed by atoms with Gasteiger partial charge in [0.2, 0.25) is 0 Å². The minimum Gasteiger partial charge on any atom is -0.508 e. The van der Waals surface area contributed by atoms with Crippen LogP contribution < -0.4 is 5.32 Å². The number of phenolic OH excluding ortho intramolecular Hbond substituents is 1. The lowest BCUT2D eigenvalue weighted by atomic mass is 9.78. The number of aliphatic imine (C=N–C) groups is 1. The van der Waals surface area contributed by atoms with Crippen LogP contribution in [0.3, 0.4) is 0 Å². The number of phenols is 1. The van der Waals surface area contributed by atoms with Gasteiger partial charge in [0, 0.05) is 48.3 Å². The first-order valence-electron chi connectivity index (χ1n) is 12.7. The number of hydrogen-bond acceptors (Lipinski definition) is 6. The second-order valence-corrected chi connectivity index (χ2v) is 10.4. The van der Waals surface area contributed by atoms with Crippen molar-refractivity contribution in [1.29, 1.82) is 0 Å². The van der Waals surface area contributed by atoms with Gasteiger partial charge in [0.05, 0.1) is 25.6 Å². The molecule has 0 aromatic heterocycles. The van der Waals surface area contributed by atoms with Crippen LogP contribution in [0.5, 0.6) is 5.75 Å². The zero-order chi connectivity index (χ0) is 26.5. The Bertz CT molecular complexity index is 1280. The molecule has 2 N–H and O–H groups in total. The normalized spacial score (nSPS) is 21.5. The summed E-state index contributed by atoms with van der Waals surface area (Å²) in [6.45, 7) is 4.73. The number of rotatable bonds is 8. The highest BCUT2D eigenvalue weighted by atomic mass is 35.5. The smallest absolute Gasteiger partial charge is 0.255 e. The van der Waals surface area contributed by atoms with Crippen molar-refractivity contribution in [2.24, 2.45) is 4.99 Å². The van der Waals surface area contributed by atoms with Crippen molar-refractivity contribution in [2.45, 2.75) is 18.1 Å². The number of nitrogens with one attached hydrogen (secondary N) is 1. The van der Waals surface area contributed by atoms with E-state index in [4.69, 9.17) is 32.9 Å². The van der Waals surface area contributed by atoms with Crippen LogP contribution in [0.1, 0.15) is 22.7 Å². The van der Waals surface area contributed by atoms with Crippen LogP contribution in [0.2, 0.25) is 10.0 Å². The van der Waals surface area contributed by atoms with Crippen molar-refractivity contribution in [2.75, 3.05) is 39.4 Å². The molecule has 1 fully saturated rings. The van der Waals surface area contributed by atoms with E-state index in [1.165, 1.54) is 6.07 Å². The number of amides is 1.